The molecule has 0 aromatic carbocycles. The van der Waals surface area contributed by atoms with Crippen LogP contribution in [-0.2, 0) is 14.8 Å². The average molecular weight is 453 g/mol. The maximum Gasteiger partial charge on any atom is 0.341 e. The predicted octanol–water partition coefficient (Wildman–Crippen LogP) is 2.66. The van der Waals surface area contributed by atoms with Crippen molar-refractivity contribution in [2.24, 2.45) is 11.8 Å². The summed E-state index contributed by atoms with van der Waals surface area (Å²) < 4.78 is 26.3. The molecule has 31 heavy (non-hydrogen) atoms. The van der Waals surface area contributed by atoms with E-state index in [1.165, 1.54) is 26.3 Å². The lowest BCUT2D eigenvalue weighted by atomic mass is 9.82. The van der Waals surface area contributed by atoms with Crippen LogP contribution in [0.15, 0.2) is 12.3 Å². The summed E-state index contributed by atoms with van der Waals surface area (Å²) in [5.41, 5.74) is 0.689. The molecule has 0 spiro atoms. The van der Waals surface area contributed by atoms with Crippen molar-refractivity contribution in [2.75, 3.05) is 24.2 Å². The van der Waals surface area contributed by atoms with Gasteiger partial charge in [0.25, 0.3) is 0 Å². The number of hydrogen-bond donors (Lipinski definition) is 1. The summed E-state index contributed by atoms with van der Waals surface area (Å²) in [5, 5.41) is 14.3. The molecule has 9 nitrogen and oxygen atoms in total. The number of hydrogen-bond acceptors (Lipinski definition) is 5. The van der Waals surface area contributed by atoms with Gasteiger partial charge < -0.3 is 5.11 Å². The predicted molar refractivity (Wildman–Crippen MR) is 118 cm³/mol. The van der Waals surface area contributed by atoms with Crippen LogP contribution in [0.1, 0.15) is 63.2 Å². The SMILES string of the molecule is CC1CCC(C(=O)N(c2nn(C3=CCN(S(C)(=O)=O)CC3)cc2C(=O)O)C(C)C)CC1. The average Bonchev–Trinajstić information content (AvgIpc) is 3.13. The maximum atomic E-state index is 13.4. The van der Waals surface area contributed by atoms with Crippen LogP contribution in [0.25, 0.3) is 5.70 Å². The Morgan fingerprint density at radius 3 is 2.35 bits per heavy atom. The highest BCUT2D eigenvalue weighted by Crippen LogP contribution is 2.33. The van der Waals surface area contributed by atoms with Crippen molar-refractivity contribution in [2.45, 2.75) is 58.9 Å². The summed E-state index contributed by atoms with van der Waals surface area (Å²) in [5.74, 6) is -0.586. The molecule has 1 aromatic rings. The van der Waals surface area contributed by atoms with Crippen molar-refractivity contribution in [3.05, 3.63) is 17.8 Å². The standard InChI is InChI=1S/C21H32N4O5S/c1-14(2)25(20(26)16-7-5-15(3)6-8-16)19-18(21(27)28)13-24(22-19)17-9-11-23(12-10-17)31(4,29)30/h9,13-16H,5-8,10-12H2,1-4H3,(H,27,28). The molecule has 3 rings (SSSR count). The van der Waals surface area contributed by atoms with Crippen LogP contribution in [0.5, 0.6) is 0 Å². The van der Waals surface area contributed by atoms with E-state index in [1.54, 1.807) is 6.08 Å². The molecule has 1 saturated carbocycles. The van der Waals surface area contributed by atoms with E-state index in [0.29, 0.717) is 18.9 Å². The summed E-state index contributed by atoms with van der Waals surface area (Å²) in [7, 11) is -3.29. The lowest BCUT2D eigenvalue weighted by Crippen LogP contribution is -2.43. The van der Waals surface area contributed by atoms with Gasteiger partial charge in [-0.25, -0.2) is 17.9 Å². The topological polar surface area (TPSA) is 113 Å². The first-order valence-corrected chi connectivity index (χ1v) is 12.6. The third-order valence-electron chi connectivity index (χ3n) is 6.18. The summed E-state index contributed by atoms with van der Waals surface area (Å²) in [4.78, 5) is 26.8. The Balaban J connectivity index is 1.92. The maximum absolute atomic E-state index is 13.4. The number of amides is 1. The van der Waals surface area contributed by atoms with Gasteiger partial charge in [0.2, 0.25) is 15.9 Å². The van der Waals surface area contributed by atoms with Gasteiger partial charge >= 0.3 is 5.97 Å². The fourth-order valence-corrected chi connectivity index (χ4v) is 5.07. The normalized spacial score (nSPS) is 22.9. The van der Waals surface area contributed by atoms with Gasteiger partial charge in [0.1, 0.15) is 5.56 Å². The molecular formula is C21H32N4O5S. The van der Waals surface area contributed by atoms with E-state index in [-0.39, 0.29) is 35.8 Å². The molecule has 1 aliphatic carbocycles. The Hall–Kier alpha value is -2.20. The van der Waals surface area contributed by atoms with Gasteiger partial charge in [0.15, 0.2) is 5.82 Å². The molecule has 10 heteroatoms. The molecular weight excluding hydrogens is 420 g/mol. The molecule has 1 fully saturated rings. The van der Waals surface area contributed by atoms with Crippen LogP contribution >= 0.6 is 0 Å². The van der Waals surface area contributed by atoms with Crippen molar-refractivity contribution < 1.29 is 23.1 Å². The first-order chi connectivity index (χ1) is 14.5. The van der Waals surface area contributed by atoms with Gasteiger partial charge in [-0.05, 0) is 51.5 Å². The van der Waals surface area contributed by atoms with Crippen molar-refractivity contribution in [1.29, 1.82) is 0 Å². The Morgan fingerprint density at radius 2 is 1.87 bits per heavy atom. The zero-order valence-electron chi connectivity index (χ0n) is 18.6. The first-order valence-electron chi connectivity index (χ1n) is 10.8. The van der Waals surface area contributed by atoms with Crippen LogP contribution in [-0.4, -0.2) is 64.9 Å². The highest BCUT2D eigenvalue weighted by Gasteiger charge is 2.34. The number of carbonyl (C=O) groups is 2. The fourth-order valence-electron chi connectivity index (χ4n) is 4.30. The zero-order chi connectivity index (χ0) is 22.9. The second kappa shape index (κ2) is 9.12. The molecule has 1 amide bonds. The van der Waals surface area contributed by atoms with Gasteiger partial charge in [-0.2, -0.15) is 4.31 Å². The van der Waals surface area contributed by atoms with Gasteiger partial charge in [-0.15, -0.1) is 5.10 Å². The fraction of sp³-hybridized carbons (Fsp3) is 0.667. The largest absolute Gasteiger partial charge is 0.477 e. The number of aromatic nitrogens is 2. The van der Waals surface area contributed by atoms with E-state index >= 15 is 0 Å². The number of carboxylic acid groups (broad SMARTS) is 1. The third-order valence-corrected chi connectivity index (χ3v) is 7.45. The smallest absolute Gasteiger partial charge is 0.341 e. The molecule has 172 valence electrons. The highest BCUT2D eigenvalue weighted by molar-refractivity contribution is 7.88. The Bertz CT molecular complexity index is 974. The molecule has 1 N–H and O–H groups in total. The number of anilines is 1. The van der Waals surface area contributed by atoms with Gasteiger partial charge in [-0.3, -0.25) is 9.69 Å². The summed E-state index contributed by atoms with van der Waals surface area (Å²) in [6.45, 7) is 6.41. The molecule has 2 heterocycles. The second-order valence-electron chi connectivity index (χ2n) is 8.94. The van der Waals surface area contributed by atoms with Crippen LogP contribution in [0.2, 0.25) is 0 Å². The van der Waals surface area contributed by atoms with Crippen LogP contribution in [0.3, 0.4) is 0 Å². The molecule has 0 atom stereocenters. The minimum atomic E-state index is -3.29. The molecule has 1 aromatic heterocycles. The summed E-state index contributed by atoms with van der Waals surface area (Å²) in [6.07, 6.45) is 8.32. The second-order valence-corrected chi connectivity index (χ2v) is 10.9. The number of carboxylic acids is 1. The number of carbonyl (C=O) groups excluding carboxylic acids is 1. The monoisotopic (exact) mass is 452 g/mol. The molecule has 0 radical (unpaired) electrons. The van der Waals surface area contributed by atoms with Gasteiger partial charge in [0, 0.05) is 43.4 Å². The van der Waals surface area contributed by atoms with E-state index in [4.69, 9.17) is 0 Å². The third kappa shape index (κ3) is 5.17. The van der Waals surface area contributed by atoms with Crippen molar-refractivity contribution in [3.63, 3.8) is 0 Å². The first kappa shape index (κ1) is 23.5. The van der Waals surface area contributed by atoms with E-state index < -0.39 is 16.0 Å². The highest BCUT2D eigenvalue weighted by atomic mass is 32.2. The molecule has 1 aliphatic heterocycles. The van der Waals surface area contributed by atoms with Crippen molar-refractivity contribution >= 4 is 33.4 Å². The van der Waals surface area contributed by atoms with Gasteiger partial charge in [-0.1, -0.05) is 6.92 Å². The zero-order valence-corrected chi connectivity index (χ0v) is 19.4. The molecule has 0 saturated heterocycles. The number of aromatic carboxylic acids is 1. The van der Waals surface area contributed by atoms with Crippen LogP contribution in [0.4, 0.5) is 5.82 Å². The lowest BCUT2D eigenvalue weighted by Gasteiger charge is -2.32. The summed E-state index contributed by atoms with van der Waals surface area (Å²) in [6, 6.07) is -0.241. The lowest BCUT2D eigenvalue weighted by molar-refractivity contribution is -0.124. The van der Waals surface area contributed by atoms with E-state index in [1.807, 2.05) is 13.8 Å². The minimum absolute atomic E-state index is 0.0299. The Labute approximate surface area is 183 Å². The van der Waals surface area contributed by atoms with E-state index in [2.05, 4.69) is 12.0 Å². The molecule has 2 aliphatic rings. The summed E-state index contributed by atoms with van der Waals surface area (Å²) >= 11 is 0. The number of nitrogens with zero attached hydrogens (tertiary/aromatic N) is 4. The number of sulfonamides is 1. The van der Waals surface area contributed by atoms with E-state index in [9.17, 15) is 23.1 Å². The quantitative estimate of drug-likeness (QED) is 0.710. The molecule has 0 bridgehead atoms. The van der Waals surface area contributed by atoms with Crippen molar-refractivity contribution in [3.8, 4) is 0 Å². The Kier molecular flexibility index (Phi) is 6.90. The van der Waals surface area contributed by atoms with E-state index in [0.717, 1.165) is 31.4 Å². The van der Waals surface area contributed by atoms with Crippen LogP contribution < -0.4 is 4.90 Å². The Morgan fingerprint density at radius 1 is 1.23 bits per heavy atom. The van der Waals surface area contributed by atoms with Crippen LogP contribution in [0, 0.1) is 11.8 Å². The minimum Gasteiger partial charge on any atom is -0.477 e. The van der Waals surface area contributed by atoms with Crippen molar-refractivity contribution in [1.82, 2.24) is 14.1 Å². The molecule has 0 unspecified atom stereocenters. The van der Waals surface area contributed by atoms with Gasteiger partial charge in [0.05, 0.1) is 6.26 Å². The number of rotatable bonds is 6.